The predicted molar refractivity (Wildman–Crippen MR) is 93.5 cm³/mol. The zero-order valence-electron chi connectivity index (χ0n) is 12.7. The molecule has 0 radical (unpaired) electrons. The molecule has 5 heteroatoms. The van der Waals surface area contributed by atoms with E-state index in [1.807, 2.05) is 54.6 Å². The van der Waals surface area contributed by atoms with Crippen LogP contribution in [0.4, 0.5) is 11.4 Å². The standard InChI is InChI=1S/C18H18BNO3/c21-19(22)15-10-11-17-18(14-15)23-13-7-2-1-6-12-20(17)16-8-4-3-5-9-16/h1-11,14,21-22H,12-13H2/b6-1-,7-2-. The Morgan fingerprint density at radius 3 is 2.52 bits per heavy atom. The number of hydrogen-bond acceptors (Lipinski definition) is 4. The normalized spacial score (nSPS) is 16.9. The van der Waals surface area contributed by atoms with Crippen LogP contribution in [0.3, 0.4) is 0 Å². The Morgan fingerprint density at radius 2 is 1.74 bits per heavy atom. The van der Waals surface area contributed by atoms with Crippen molar-refractivity contribution < 1.29 is 14.8 Å². The Bertz CT molecular complexity index is 713. The average molecular weight is 307 g/mol. The molecule has 0 aromatic heterocycles. The molecule has 1 heterocycles. The van der Waals surface area contributed by atoms with E-state index >= 15 is 0 Å². The molecular weight excluding hydrogens is 289 g/mol. The van der Waals surface area contributed by atoms with E-state index in [0.717, 1.165) is 11.4 Å². The van der Waals surface area contributed by atoms with E-state index < -0.39 is 7.12 Å². The van der Waals surface area contributed by atoms with Gasteiger partial charge < -0.3 is 19.7 Å². The third kappa shape index (κ3) is 3.64. The van der Waals surface area contributed by atoms with E-state index in [-0.39, 0.29) is 0 Å². The second-order valence-electron chi connectivity index (χ2n) is 5.21. The van der Waals surface area contributed by atoms with Gasteiger partial charge in [-0.25, -0.2) is 0 Å². The first kappa shape index (κ1) is 15.4. The third-order valence-electron chi connectivity index (χ3n) is 3.65. The number of anilines is 2. The smallest absolute Gasteiger partial charge is 0.487 e. The summed E-state index contributed by atoms with van der Waals surface area (Å²) >= 11 is 0. The summed E-state index contributed by atoms with van der Waals surface area (Å²) in [4.78, 5) is 2.12. The van der Waals surface area contributed by atoms with Crippen LogP contribution in [-0.4, -0.2) is 30.3 Å². The molecule has 1 aliphatic heterocycles. The molecule has 0 unspecified atom stereocenters. The quantitative estimate of drug-likeness (QED) is 0.834. The number of ether oxygens (including phenoxy) is 1. The summed E-state index contributed by atoms with van der Waals surface area (Å²) in [6.07, 6.45) is 7.93. The lowest BCUT2D eigenvalue weighted by molar-refractivity contribution is 0.363. The van der Waals surface area contributed by atoms with Crippen molar-refractivity contribution in [3.05, 3.63) is 72.8 Å². The summed E-state index contributed by atoms with van der Waals surface area (Å²) in [7, 11) is -1.51. The van der Waals surface area contributed by atoms with Gasteiger partial charge in [0.15, 0.2) is 0 Å². The van der Waals surface area contributed by atoms with Crippen LogP contribution in [-0.2, 0) is 0 Å². The minimum atomic E-state index is -1.51. The van der Waals surface area contributed by atoms with Gasteiger partial charge in [0.25, 0.3) is 0 Å². The Balaban J connectivity index is 2.08. The van der Waals surface area contributed by atoms with Crippen LogP contribution < -0.4 is 15.1 Å². The van der Waals surface area contributed by atoms with E-state index in [2.05, 4.69) is 11.0 Å². The van der Waals surface area contributed by atoms with Crippen LogP contribution in [0.2, 0.25) is 0 Å². The second kappa shape index (κ2) is 7.18. The van der Waals surface area contributed by atoms with Crippen LogP contribution in [0.15, 0.2) is 72.8 Å². The highest BCUT2D eigenvalue weighted by Gasteiger charge is 2.18. The molecule has 0 bridgehead atoms. The highest BCUT2D eigenvalue weighted by Crippen LogP contribution is 2.33. The fraction of sp³-hybridized carbons (Fsp3) is 0.111. The van der Waals surface area contributed by atoms with Gasteiger partial charge in [-0.15, -0.1) is 0 Å². The minimum Gasteiger partial charge on any atom is -0.487 e. The fourth-order valence-electron chi connectivity index (χ4n) is 2.50. The molecule has 3 rings (SSSR count). The van der Waals surface area contributed by atoms with Gasteiger partial charge in [-0.2, -0.15) is 0 Å². The van der Waals surface area contributed by atoms with Crippen molar-refractivity contribution in [1.29, 1.82) is 0 Å². The average Bonchev–Trinajstić information content (AvgIpc) is 2.59. The predicted octanol–water partition coefficient (Wildman–Crippen LogP) is 2.01. The molecule has 0 fully saturated rings. The molecule has 0 spiro atoms. The van der Waals surface area contributed by atoms with Crippen molar-refractivity contribution in [3.8, 4) is 5.75 Å². The molecule has 0 aliphatic carbocycles. The molecule has 0 saturated carbocycles. The fourth-order valence-corrected chi connectivity index (χ4v) is 2.50. The first-order valence-corrected chi connectivity index (χ1v) is 7.53. The molecule has 2 N–H and O–H groups in total. The largest absolute Gasteiger partial charge is 0.488 e. The molecule has 0 saturated heterocycles. The molecule has 0 atom stereocenters. The molecule has 4 nitrogen and oxygen atoms in total. The van der Waals surface area contributed by atoms with E-state index in [0.29, 0.717) is 24.4 Å². The summed E-state index contributed by atoms with van der Waals surface area (Å²) in [6.45, 7) is 1.11. The first-order chi connectivity index (χ1) is 11.3. The highest BCUT2D eigenvalue weighted by atomic mass is 16.5. The van der Waals surface area contributed by atoms with E-state index in [1.54, 1.807) is 12.1 Å². The topological polar surface area (TPSA) is 52.9 Å². The van der Waals surface area contributed by atoms with Crippen molar-refractivity contribution in [1.82, 2.24) is 0 Å². The van der Waals surface area contributed by atoms with Crippen molar-refractivity contribution in [3.63, 3.8) is 0 Å². The number of allylic oxidation sites excluding steroid dienone is 2. The van der Waals surface area contributed by atoms with Crippen molar-refractivity contribution in [2.24, 2.45) is 0 Å². The Labute approximate surface area is 136 Å². The molecule has 2 aromatic rings. The Morgan fingerprint density at radius 1 is 0.957 bits per heavy atom. The van der Waals surface area contributed by atoms with E-state index in [1.165, 1.54) is 0 Å². The lowest BCUT2D eigenvalue weighted by Crippen LogP contribution is -2.30. The van der Waals surface area contributed by atoms with Crippen LogP contribution in [0.5, 0.6) is 5.75 Å². The van der Waals surface area contributed by atoms with Crippen molar-refractivity contribution in [2.75, 3.05) is 18.1 Å². The van der Waals surface area contributed by atoms with Crippen LogP contribution in [0.25, 0.3) is 0 Å². The van der Waals surface area contributed by atoms with Crippen LogP contribution in [0, 0.1) is 0 Å². The van der Waals surface area contributed by atoms with Gasteiger partial charge in [0, 0.05) is 12.2 Å². The summed E-state index contributed by atoms with van der Waals surface area (Å²) in [5.41, 5.74) is 2.35. The summed E-state index contributed by atoms with van der Waals surface area (Å²) in [5, 5.41) is 18.8. The zero-order valence-corrected chi connectivity index (χ0v) is 12.7. The number of para-hydroxylation sites is 1. The van der Waals surface area contributed by atoms with Gasteiger partial charge in [0.1, 0.15) is 12.4 Å². The SMILES string of the molecule is OB(O)c1ccc2c(c1)OC/C=C\C=C/CN2c1ccccc1. The molecule has 0 amide bonds. The molecule has 23 heavy (non-hydrogen) atoms. The van der Waals surface area contributed by atoms with Gasteiger partial charge >= 0.3 is 7.12 Å². The second-order valence-corrected chi connectivity index (χ2v) is 5.21. The van der Waals surface area contributed by atoms with E-state index in [4.69, 9.17) is 4.74 Å². The Hall–Kier alpha value is -2.50. The summed E-state index contributed by atoms with van der Waals surface area (Å²) in [6, 6.07) is 15.3. The Kier molecular flexibility index (Phi) is 4.81. The number of fused-ring (bicyclic) bond motifs is 1. The van der Waals surface area contributed by atoms with Crippen LogP contribution >= 0.6 is 0 Å². The molecular formula is C18H18BNO3. The van der Waals surface area contributed by atoms with Crippen molar-refractivity contribution >= 4 is 24.0 Å². The van der Waals surface area contributed by atoms with E-state index in [9.17, 15) is 10.0 Å². The first-order valence-electron chi connectivity index (χ1n) is 7.53. The number of hydrogen-bond donors (Lipinski definition) is 2. The van der Waals surface area contributed by atoms with Gasteiger partial charge in [-0.3, -0.25) is 0 Å². The highest BCUT2D eigenvalue weighted by molar-refractivity contribution is 6.58. The number of rotatable bonds is 2. The lowest BCUT2D eigenvalue weighted by atomic mass is 9.80. The summed E-state index contributed by atoms with van der Waals surface area (Å²) in [5.74, 6) is 0.624. The maximum absolute atomic E-state index is 9.40. The molecule has 2 aromatic carbocycles. The molecule has 116 valence electrons. The lowest BCUT2D eigenvalue weighted by Gasteiger charge is -2.26. The van der Waals surface area contributed by atoms with Gasteiger partial charge in [-0.1, -0.05) is 42.5 Å². The number of benzene rings is 2. The van der Waals surface area contributed by atoms with Crippen molar-refractivity contribution in [2.45, 2.75) is 0 Å². The van der Waals surface area contributed by atoms with Crippen LogP contribution in [0.1, 0.15) is 0 Å². The third-order valence-corrected chi connectivity index (χ3v) is 3.65. The maximum atomic E-state index is 9.40. The monoisotopic (exact) mass is 307 g/mol. The number of nitrogens with zero attached hydrogens (tertiary/aromatic N) is 1. The zero-order chi connectivity index (χ0) is 16.1. The molecule has 1 aliphatic rings. The van der Waals surface area contributed by atoms with Gasteiger partial charge in [0.05, 0.1) is 5.69 Å². The summed E-state index contributed by atoms with van der Waals surface area (Å²) < 4.78 is 5.82. The van der Waals surface area contributed by atoms with Gasteiger partial charge in [-0.05, 0) is 35.8 Å². The maximum Gasteiger partial charge on any atom is 0.488 e. The van der Waals surface area contributed by atoms with Gasteiger partial charge in [0.2, 0.25) is 0 Å². The minimum absolute atomic E-state index is 0.411.